The van der Waals surface area contributed by atoms with Crippen molar-refractivity contribution in [2.24, 2.45) is 17.3 Å². The molecule has 252 valence electrons. The second kappa shape index (κ2) is 14.9. The van der Waals surface area contributed by atoms with Crippen molar-refractivity contribution in [3.8, 4) is 0 Å². The molecule has 0 heterocycles. The Morgan fingerprint density at radius 3 is 1.04 bits per heavy atom. The van der Waals surface area contributed by atoms with Crippen LogP contribution in [0.5, 0.6) is 0 Å². The molecule has 2 amide bonds. The number of benzene rings is 4. The highest BCUT2D eigenvalue weighted by atomic mass is 16.3. The molecular formula is C42H50N2O4. The molecular weight excluding hydrogens is 596 g/mol. The molecule has 0 aliphatic heterocycles. The molecule has 6 heteroatoms. The molecule has 2 atom stereocenters. The Morgan fingerprint density at radius 1 is 0.521 bits per heavy atom. The Morgan fingerprint density at radius 2 is 0.792 bits per heavy atom. The number of carbonyl (C=O) groups is 2. The summed E-state index contributed by atoms with van der Waals surface area (Å²) in [7, 11) is 0. The fourth-order valence-electron chi connectivity index (χ4n) is 7.60. The standard InChI is InChI=1S/C42H50N2O4/c1-30(2)36(41(47,32-20-10-5-11-21-32)33-22-12-6-13-23-33)43-38(45)40(28-18-9-19-29-40)39(46)44-37(31(3)4)42(48,34-24-14-7-15-25-34)35-26-16-8-17-27-35/h5-8,10-17,20-27,30-31,36-37,47-48H,9,18-19,28-29H2,1-4H3,(H,43,45)(H,44,46)/t36-,37-/m1/s1. The van der Waals surface area contributed by atoms with Gasteiger partial charge in [-0.3, -0.25) is 9.59 Å². The van der Waals surface area contributed by atoms with Gasteiger partial charge in [-0.15, -0.1) is 0 Å². The number of carbonyl (C=O) groups excluding carboxylic acids is 2. The van der Waals surface area contributed by atoms with E-state index in [-0.39, 0.29) is 11.8 Å². The van der Waals surface area contributed by atoms with Crippen LogP contribution in [0.4, 0.5) is 0 Å². The molecule has 1 saturated carbocycles. The molecule has 6 nitrogen and oxygen atoms in total. The monoisotopic (exact) mass is 646 g/mol. The van der Waals surface area contributed by atoms with Crippen LogP contribution in [0.3, 0.4) is 0 Å². The number of rotatable bonds is 12. The third-order valence-electron chi connectivity index (χ3n) is 10.2. The summed E-state index contributed by atoms with van der Waals surface area (Å²) in [5, 5.41) is 31.8. The third kappa shape index (κ3) is 6.69. The summed E-state index contributed by atoms with van der Waals surface area (Å²) in [6, 6.07) is 36.1. The first-order valence-electron chi connectivity index (χ1n) is 17.3. The van der Waals surface area contributed by atoms with Crippen molar-refractivity contribution in [1.82, 2.24) is 10.6 Å². The lowest BCUT2D eigenvalue weighted by molar-refractivity contribution is -0.150. The van der Waals surface area contributed by atoms with Crippen LogP contribution in [-0.2, 0) is 20.8 Å². The molecule has 4 aromatic rings. The summed E-state index contributed by atoms with van der Waals surface area (Å²) in [4.78, 5) is 29.6. The first-order valence-corrected chi connectivity index (χ1v) is 17.3. The van der Waals surface area contributed by atoms with E-state index in [4.69, 9.17) is 0 Å². The van der Waals surface area contributed by atoms with Crippen LogP contribution in [0.2, 0.25) is 0 Å². The van der Waals surface area contributed by atoms with E-state index in [2.05, 4.69) is 10.6 Å². The predicted molar refractivity (Wildman–Crippen MR) is 191 cm³/mol. The Labute approximate surface area is 285 Å². The number of hydrogen-bond acceptors (Lipinski definition) is 4. The van der Waals surface area contributed by atoms with Gasteiger partial charge in [-0.2, -0.15) is 0 Å². The minimum atomic E-state index is -1.56. The lowest BCUT2D eigenvalue weighted by atomic mass is 9.70. The average Bonchev–Trinajstić information content (AvgIpc) is 3.13. The topological polar surface area (TPSA) is 98.7 Å². The van der Waals surface area contributed by atoms with Crippen LogP contribution in [0, 0.1) is 17.3 Å². The summed E-state index contributed by atoms with van der Waals surface area (Å²) in [5.74, 6) is -1.16. The van der Waals surface area contributed by atoms with Gasteiger partial charge < -0.3 is 20.8 Å². The van der Waals surface area contributed by atoms with Crippen molar-refractivity contribution < 1.29 is 19.8 Å². The second-order valence-electron chi connectivity index (χ2n) is 14.0. The smallest absolute Gasteiger partial charge is 0.236 e. The lowest BCUT2D eigenvalue weighted by Gasteiger charge is -2.45. The van der Waals surface area contributed by atoms with Gasteiger partial charge in [0.1, 0.15) is 16.6 Å². The SMILES string of the molecule is CC(C)[C@@H](NC(=O)C1(C(=O)N[C@H](C(C)C)C(O)(c2ccccc2)c2ccccc2)CCCCC1)C(O)(c1ccccc1)c1ccccc1. The number of hydrogen-bond donors (Lipinski definition) is 4. The van der Waals surface area contributed by atoms with Gasteiger partial charge in [-0.25, -0.2) is 0 Å². The summed E-state index contributed by atoms with van der Waals surface area (Å²) in [6.07, 6.45) is 3.14. The highest BCUT2D eigenvalue weighted by molar-refractivity contribution is 6.05. The number of nitrogens with one attached hydrogen (secondary N) is 2. The first kappa shape index (κ1) is 35.1. The quantitative estimate of drug-likeness (QED) is 0.124. The fraction of sp³-hybridized carbons (Fsp3) is 0.381. The van der Waals surface area contributed by atoms with Gasteiger partial charge in [-0.1, -0.05) is 168 Å². The molecule has 5 rings (SSSR count). The van der Waals surface area contributed by atoms with E-state index < -0.39 is 40.5 Å². The second-order valence-corrected chi connectivity index (χ2v) is 14.0. The van der Waals surface area contributed by atoms with Crippen molar-refractivity contribution >= 4 is 11.8 Å². The largest absolute Gasteiger partial charge is 0.378 e. The zero-order valence-corrected chi connectivity index (χ0v) is 28.6. The van der Waals surface area contributed by atoms with Crippen molar-refractivity contribution in [3.63, 3.8) is 0 Å². The van der Waals surface area contributed by atoms with Crippen LogP contribution < -0.4 is 10.6 Å². The molecule has 48 heavy (non-hydrogen) atoms. The van der Waals surface area contributed by atoms with Crippen LogP contribution in [0.1, 0.15) is 82.1 Å². The minimum Gasteiger partial charge on any atom is -0.378 e. The summed E-state index contributed by atoms with van der Waals surface area (Å²) >= 11 is 0. The van der Waals surface area contributed by atoms with Gasteiger partial charge in [0.2, 0.25) is 11.8 Å². The Bertz CT molecular complexity index is 1420. The minimum absolute atomic E-state index is 0.187. The lowest BCUT2D eigenvalue weighted by Crippen LogP contribution is -2.63. The van der Waals surface area contributed by atoms with Crippen LogP contribution >= 0.6 is 0 Å². The maximum absolute atomic E-state index is 14.8. The Balaban J connectivity index is 1.55. The van der Waals surface area contributed by atoms with E-state index in [9.17, 15) is 19.8 Å². The molecule has 0 bridgehead atoms. The van der Waals surface area contributed by atoms with Crippen molar-refractivity contribution in [2.75, 3.05) is 0 Å². The van der Waals surface area contributed by atoms with Crippen LogP contribution in [-0.4, -0.2) is 34.1 Å². The zero-order chi connectivity index (χ0) is 34.4. The van der Waals surface area contributed by atoms with Crippen molar-refractivity contribution in [1.29, 1.82) is 0 Å². The molecule has 0 radical (unpaired) electrons. The molecule has 0 spiro atoms. The number of aliphatic hydroxyl groups is 2. The van der Waals surface area contributed by atoms with E-state index in [0.29, 0.717) is 35.1 Å². The highest BCUT2D eigenvalue weighted by Gasteiger charge is 2.52. The predicted octanol–water partition coefficient (Wildman–Crippen LogP) is 7.09. The average molecular weight is 647 g/mol. The summed E-state index contributed by atoms with van der Waals surface area (Å²) in [5.41, 5.74) is -1.84. The maximum atomic E-state index is 14.8. The number of amides is 2. The van der Waals surface area contributed by atoms with Gasteiger partial charge in [0.25, 0.3) is 0 Å². The molecule has 0 saturated heterocycles. The van der Waals surface area contributed by atoms with E-state index in [0.717, 1.165) is 19.3 Å². The Hall–Kier alpha value is -4.26. The molecule has 0 aromatic heterocycles. The summed E-state index contributed by atoms with van der Waals surface area (Å²) in [6.45, 7) is 7.90. The van der Waals surface area contributed by atoms with Crippen molar-refractivity contribution in [3.05, 3.63) is 144 Å². The van der Waals surface area contributed by atoms with Crippen LogP contribution in [0.15, 0.2) is 121 Å². The van der Waals surface area contributed by atoms with E-state index in [1.54, 1.807) is 0 Å². The molecule has 1 aliphatic carbocycles. The van der Waals surface area contributed by atoms with Gasteiger partial charge in [0.05, 0.1) is 12.1 Å². The normalized spacial score (nSPS) is 16.2. The highest BCUT2D eigenvalue weighted by Crippen LogP contribution is 2.42. The van der Waals surface area contributed by atoms with Crippen LogP contribution in [0.25, 0.3) is 0 Å². The molecule has 1 fully saturated rings. The van der Waals surface area contributed by atoms with Gasteiger partial charge >= 0.3 is 0 Å². The van der Waals surface area contributed by atoms with Gasteiger partial charge in [0.15, 0.2) is 0 Å². The van der Waals surface area contributed by atoms with Crippen molar-refractivity contribution in [2.45, 2.75) is 83.1 Å². The molecule has 0 unspecified atom stereocenters. The third-order valence-corrected chi connectivity index (χ3v) is 10.2. The maximum Gasteiger partial charge on any atom is 0.236 e. The van der Waals surface area contributed by atoms with Gasteiger partial charge in [-0.05, 0) is 46.9 Å². The fourth-order valence-corrected chi connectivity index (χ4v) is 7.60. The first-order chi connectivity index (χ1) is 23.0. The van der Waals surface area contributed by atoms with E-state index in [1.165, 1.54) is 0 Å². The summed E-state index contributed by atoms with van der Waals surface area (Å²) < 4.78 is 0. The Kier molecular flexibility index (Phi) is 10.9. The van der Waals surface area contributed by atoms with E-state index in [1.807, 2.05) is 149 Å². The molecule has 1 aliphatic rings. The zero-order valence-electron chi connectivity index (χ0n) is 28.6. The molecule has 4 aromatic carbocycles. The van der Waals surface area contributed by atoms with Gasteiger partial charge in [0, 0.05) is 0 Å². The van der Waals surface area contributed by atoms with E-state index >= 15 is 0 Å². The molecule has 4 N–H and O–H groups in total.